The number of aliphatic imine (C=N–C) groups is 1. The van der Waals surface area contributed by atoms with Crippen molar-refractivity contribution in [1.82, 2.24) is 0 Å². The van der Waals surface area contributed by atoms with Crippen molar-refractivity contribution in [3.8, 4) is 5.75 Å². The third-order valence-corrected chi connectivity index (χ3v) is 4.49. The van der Waals surface area contributed by atoms with E-state index in [0.29, 0.717) is 11.4 Å². The lowest BCUT2D eigenvalue weighted by Crippen LogP contribution is -2.01. The van der Waals surface area contributed by atoms with Gasteiger partial charge >= 0.3 is 5.97 Å². The van der Waals surface area contributed by atoms with Gasteiger partial charge in [0, 0.05) is 23.8 Å². The molecule has 2 aromatic carbocycles. The second-order valence-electron chi connectivity index (χ2n) is 5.18. The molecule has 3 rings (SSSR count). The third kappa shape index (κ3) is 4.11. The van der Waals surface area contributed by atoms with Crippen LogP contribution in [0, 0.1) is 0 Å². The van der Waals surface area contributed by atoms with Gasteiger partial charge in [0.15, 0.2) is 5.75 Å². The van der Waals surface area contributed by atoms with Crippen LogP contribution in [0.5, 0.6) is 5.75 Å². The fourth-order valence-electron chi connectivity index (χ4n) is 2.34. The highest BCUT2D eigenvalue weighted by molar-refractivity contribution is 7.99. The van der Waals surface area contributed by atoms with Crippen LogP contribution in [0.15, 0.2) is 64.0 Å². The van der Waals surface area contributed by atoms with Crippen LogP contribution in [0.4, 0.5) is 5.69 Å². The molecule has 1 aliphatic heterocycles. The Hall–Kier alpha value is -2.33. The van der Waals surface area contributed by atoms with Gasteiger partial charge in [-0.05, 0) is 41.8 Å². The fraction of sp³-hybridized carbons (Fsp3) is 0.158. The van der Waals surface area contributed by atoms with Gasteiger partial charge in [-0.1, -0.05) is 30.3 Å². The molecule has 116 valence electrons. The molecule has 2 aromatic rings. The minimum Gasteiger partial charge on any atom is -0.424 e. The first kappa shape index (κ1) is 15.6. The molecule has 0 unspecified atom stereocenters. The summed E-state index contributed by atoms with van der Waals surface area (Å²) >= 11 is 1.86. The molecule has 0 atom stereocenters. The summed E-state index contributed by atoms with van der Waals surface area (Å²) in [5.41, 5.74) is 3.05. The Morgan fingerprint density at radius 1 is 1.17 bits per heavy atom. The predicted octanol–water partition coefficient (Wildman–Crippen LogP) is 4.89. The van der Waals surface area contributed by atoms with Crippen LogP contribution >= 0.6 is 11.8 Å². The van der Waals surface area contributed by atoms with Gasteiger partial charge in [-0.15, -0.1) is 11.8 Å². The normalized spacial score (nSPS) is 14.0. The number of carbonyl (C=O) groups is 1. The van der Waals surface area contributed by atoms with Gasteiger partial charge in [-0.3, -0.25) is 9.79 Å². The second kappa shape index (κ2) is 7.29. The van der Waals surface area contributed by atoms with Crippen molar-refractivity contribution >= 4 is 35.7 Å². The number of rotatable bonds is 3. The van der Waals surface area contributed by atoms with Crippen molar-refractivity contribution in [1.29, 1.82) is 0 Å². The lowest BCUT2D eigenvalue weighted by atomic mass is 10.1. The van der Waals surface area contributed by atoms with E-state index in [1.54, 1.807) is 6.07 Å². The maximum absolute atomic E-state index is 11.2. The second-order valence-corrected chi connectivity index (χ2v) is 6.31. The molecule has 4 heteroatoms. The van der Waals surface area contributed by atoms with Crippen molar-refractivity contribution in [2.24, 2.45) is 4.99 Å². The van der Waals surface area contributed by atoms with Crippen molar-refractivity contribution in [3.05, 3.63) is 59.7 Å². The van der Waals surface area contributed by atoms with E-state index < -0.39 is 0 Å². The van der Waals surface area contributed by atoms with Gasteiger partial charge in [-0.25, -0.2) is 0 Å². The first-order valence-electron chi connectivity index (χ1n) is 7.46. The highest BCUT2D eigenvalue weighted by Crippen LogP contribution is 2.31. The van der Waals surface area contributed by atoms with E-state index in [0.717, 1.165) is 12.2 Å². The summed E-state index contributed by atoms with van der Waals surface area (Å²) in [5, 5.41) is 0. The molecule has 0 saturated heterocycles. The van der Waals surface area contributed by atoms with E-state index in [-0.39, 0.29) is 5.97 Å². The van der Waals surface area contributed by atoms with E-state index in [1.165, 1.54) is 23.0 Å². The zero-order valence-corrected chi connectivity index (χ0v) is 13.7. The zero-order chi connectivity index (χ0) is 16.1. The van der Waals surface area contributed by atoms with Crippen LogP contribution in [0.25, 0.3) is 6.08 Å². The van der Waals surface area contributed by atoms with Crippen molar-refractivity contribution in [2.45, 2.75) is 18.2 Å². The van der Waals surface area contributed by atoms with E-state index >= 15 is 0 Å². The van der Waals surface area contributed by atoms with E-state index in [1.807, 2.05) is 42.2 Å². The number of allylic oxidation sites excluding steroid dienone is 1. The summed E-state index contributed by atoms with van der Waals surface area (Å²) in [6.45, 7) is 1.39. The summed E-state index contributed by atoms with van der Waals surface area (Å²) in [7, 11) is 0. The topological polar surface area (TPSA) is 38.7 Å². The molecule has 0 radical (unpaired) electrons. The molecular weight excluding hydrogens is 306 g/mol. The smallest absolute Gasteiger partial charge is 0.308 e. The molecule has 1 aliphatic rings. The largest absolute Gasteiger partial charge is 0.424 e. The van der Waals surface area contributed by atoms with Crippen LogP contribution in [0.2, 0.25) is 0 Å². The van der Waals surface area contributed by atoms with Gasteiger partial charge in [0.2, 0.25) is 0 Å². The Balaban J connectivity index is 1.86. The summed E-state index contributed by atoms with van der Waals surface area (Å²) < 4.78 is 5.19. The quantitative estimate of drug-likeness (QED) is 0.458. The van der Waals surface area contributed by atoms with Crippen LogP contribution < -0.4 is 4.74 Å². The number of nitrogens with zero attached hydrogens (tertiary/aromatic N) is 1. The number of carbonyl (C=O) groups excluding carboxylic acids is 1. The lowest BCUT2D eigenvalue weighted by Gasteiger charge is -2.04. The molecule has 0 amide bonds. The number of hydrogen-bond acceptors (Lipinski definition) is 4. The van der Waals surface area contributed by atoms with Crippen LogP contribution in [-0.2, 0) is 4.79 Å². The van der Waals surface area contributed by atoms with Gasteiger partial charge in [-0.2, -0.15) is 0 Å². The van der Waals surface area contributed by atoms with Crippen LogP contribution in [-0.4, -0.2) is 17.9 Å². The van der Waals surface area contributed by atoms with E-state index in [4.69, 9.17) is 4.74 Å². The van der Waals surface area contributed by atoms with Crippen LogP contribution in [0.3, 0.4) is 0 Å². The number of fused-ring (bicyclic) bond motifs is 1. The molecule has 1 heterocycles. The Bertz CT molecular complexity index is 780. The first-order valence-corrected chi connectivity index (χ1v) is 8.45. The number of para-hydroxylation sites is 2. The minimum absolute atomic E-state index is 0.341. The summed E-state index contributed by atoms with van der Waals surface area (Å²) in [6.07, 6.45) is 5.00. The SMILES string of the molecule is CC(=O)Oc1ccccc1N=CC1=Cc2ccccc2SCC1. The third-order valence-electron chi connectivity index (χ3n) is 3.40. The van der Waals surface area contributed by atoms with E-state index in [2.05, 4.69) is 29.3 Å². The predicted molar refractivity (Wildman–Crippen MR) is 95.7 cm³/mol. The lowest BCUT2D eigenvalue weighted by molar-refractivity contribution is -0.131. The molecule has 0 aliphatic carbocycles. The molecule has 0 saturated carbocycles. The minimum atomic E-state index is -0.341. The van der Waals surface area contributed by atoms with Gasteiger partial charge in [0.05, 0.1) is 0 Å². The number of hydrogen-bond donors (Lipinski definition) is 0. The molecule has 0 spiro atoms. The summed E-state index contributed by atoms with van der Waals surface area (Å²) in [6, 6.07) is 15.7. The Morgan fingerprint density at radius 2 is 1.96 bits per heavy atom. The fourth-order valence-corrected chi connectivity index (χ4v) is 3.37. The number of ether oxygens (including phenoxy) is 1. The summed E-state index contributed by atoms with van der Waals surface area (Å²) in [5.74, 6) is 1.17. The molecule has 0 aromatic heterocycles. The Labute approximate surface area is 140 Å². The monoisotopic (exact) mass is 323 g/mol. The molecular formula is C19H17NO2S. The average Bonchev–Trinajstić information content (AvgIpc) is 2.75. The van der Waals surface area contributed by atoms with E-state index in [9.17, 15) is 4.79 Å². The molecule has 3 nitrogen and oxygen atoms in total. The maximum Gasteiger partial charge on any atom is 0.308 e. The van der Waals surface area contributed by atoms with Crippen molar-refractivity contribution in [3.63, 3.8) is 0 Å². The molecule has 23 heavy (non-hydrogen) atoms. The Kier molecular flexibility index (Phi) is 4.93. The number of benzene rings is 2. The Morgan fingerprint density at radius 3 is 2.83 bits per heavy atom. The van der Waals surface area contributed by atoms with Gasteiger partial charge in [0.25, 0.3) is 0 Å². The molecule has 0 bridgehead atoms. The van der Waals surface area contributed by atoms with Gasteiger partial charge < -0.3 is 4.74 Å². The molecule has 0 N–H and O–H groups in total. The first-order chi connectivity index (χ1) is 11.2. The number of thioether (sulfide) groups is 1. The standard InChI is InChI=1S/C19H17NO2S/c1-14(21)22-18-8-4-3-7-17(18)20-13-15-10-11-23-19-9-5-2-6-16(19)12-15/h2-9,12-13H,10-11H2,1H3. The zero-order valence-electron chi connectivity index (χ0n) is 12.9. The van der Waals surface area contributed by atoms with Crippen molar-refractivity contribution < 1.29 is 9.53 Å². The average molecular weight is 323 g/mol. The van der Waals surface area contributed by atoms with Gasteiger partial charge in [0.1, 0.15) is 5.69 Å². The van der Waals surface area contributed by atoms with Crippen molar-refractivity contribution in [2.75, 3.05) is 5.75 Å². The summed E-state index contributed by atoms with van der Waals surface area (Å²) in [4.78, 5) is 17.0. The number of esters is 1. The highest BCUT2D eigenvalue weighted by Gasteiger charge is 2.08. The van der Waals surface area contributed by atoms with Crippen LogP contribution in [0.1, 0.15) is 18.9 Å². The highest BCUT2D eigenvalue weighted by atomic mass is 32.2. The maximum atomic E-state index is 11.2. The molecule has 0 fully saturated rings.